The first kappa shape index (κ1) is 13.9. The Balaban J connectivity index is 2.23. The maximum absolute atomic E-state index is 11.4. The molecule has 1 N–H and O–H groups in total. The molecule has 6 nitrogen and oxygen atoms in total. The monoisotopic (exact) mass is 248 g/mol. The predicted octanol–water partition coefficient (Wildman–Crippen LogP) is 3.00. The van der Waals surface area contributed by atoms with Gasteiger partial charge < -0.3 is 10.1 Å². The summed E-state index contributed by atoms with van der Waals surface area (Å²) in [7, 11) is 0. The number of hydrogen-bond donors (Lipinski definition) is 1. The van der Waals surface area contributed by atoms with E-state index >= 15 is 0 Å². The van der Waals surface area contributed by atoms with Gasteiger partial charge in [0.1, 0.15) is 6.61 Å². The molecule has 1 rings (SSSR count). The average molecular weight is 248 g/mol. The highest BCUT2D eigenvalue weighted by Gasteiger charge is 2.07. The summed E-state index contributed by atoms with van der Waals surface area (Å²) >= 11 is 0. The number of carbonyl (C=O) groups excluding carboxylic acids is 1. The lowest BCUT2D eigenvalue weighted by atomic mass is 10.2. The highest BCUT2D eigenvalue weighted by atomic mass is 16.5. The Labute approximate surface area is 106 Å². The van der Waals surface area contributed by atoms with Crippen LogP contribution in [0.1, 0.15) is 18.9 Å². The minimum Gasteiger partial charge on any atom is -0.445 e. The van der Waals surface area contributed by atoms with Crippen LogP contribution in [-0.4, -0.2) is 18.7 Å². The molecule has 1 aromatic carbocycles. The van der Waals surface area contributed by atoms with E-state index in [4.69, 9.17) is 10.3 Å². The van der Waals surface area contributed by atoms with Crippen LogP contribution in [0.2, 0.25) is 0 Å². The molecule has 18 heavy (non-hydrogen) atoms. The van der Waals surface area contributed by atoms with E-state index in [1.807, 2.05) is 37.3 Å². The third-order valence-corrected chi connectivity index (χ3v) is 2.30. The van der Waals surface area contributed by atoms with E-state index in [2.05, 4.69) is 15.3 Å². The van der Waals surface area contributed by atoms with Crippen molar-refractivity contribution in [1.82, 2.24) is 5.32 Å². The topological polar surface area (TPSA) is 87.1 Å². The van der Waals surface area contributed by atoms with Gasteiger partial charge in [-0.3, -0.25) is 0 Å². The quantitative estimate of drug-likeness (QED) is 0.476. The van der Waals surface area contributed by atoms with Gasteiger partial charge in [-0.25, -0.2) is 4.79 Å². The summed E-state index contributed by atoms with van der Waals surface area (Å²) in [5.41, 5.74) is 9.06. The number of hydrogen-bond acceptors (Lipinski definition) is 3. The fourth-order valence-corrected chi connectivity index (χ4v) is 1.33. The van der Waals surface area contributed by atoms with Crippen LogP contribution in [0.4, 0.5) is 4.79 Å². The van der Waals surface area contributed by atoms with Crippen molar-refractivity contribution >= 4 is 6.09 Å². The van der Waals surface area contributed by atoms with Crippen LogP contribution in [0.3, 0.4) is 0 Å². The lowest BCUT2D eigenvalue weighted by molar-refractivity contribution is 0.136. The number of carbonyl (C=O) groups is 1. The molecular weight excluding hydrogens is 232 g/mol. The fourth-order valence-electron chi connectivity index (χ4n) is 1.33. The van der Waals surface area contributed by atoms with Crippen molar-refractivity contribution in [3.05, 3.63) is 46.3 Å². The minimum absolute atomic E-state index is 0.0845. The number of nitrogens with zero attached hydrogens (tertiary/aromatic N) is 3. The maximum Gasteiger partial charge on any atom is 0.407 e. The Morgan fingerprint density at radius 3 is 2.89 bits per heavy atom. The first-order chi connectivity index (χ1) is 8.72. The van der Waals surface area contributed by atoms with Gasteiger partial charge in [-0.1, -0.05) is 35.4 Å². The average Bonchev–Trinajstić information content (AvgIpc) is 2.38. The van der Waals surface area contributed by atoms with E-state index in [-0.39, 0.29) is 12.6 Å². The molecule has 0 saturated carbocycles. The Morgan fingerprint density at radius 1 is 1.50 bits per heavy atom. The maximum atomic E-state index is 11.4. The highest BCUT2D eigenvalue weighted by Crippen LogP contribution is 2.01. The van der Waals surface area contributed by atoms with Gasteiger partial charge >= 0.3 is 6.09 Å². The Morgan fingerprint density at radius 2 is 2.22 bits per heavy atom. The molecule has 0 aliphatic heterocycles. The van der Waals surface area contributed by atoms with Gasteiger partial charge in [-0.05, 0) is 24.4 Å². The number of ether oxygens (including phenoxy) is 1. The van der Waals surface area contributed by atoms with Crippen LogP contribution < -0.4 is 5.32 Å². The fraction of sp³-hybridized carbons (Fsp3) is 0.417. The normalized spacial score (nSPS) is 11.2. The van der Waals surface area contributed by atoms with Gasteiger partial charge in [0.25, 0.3) is 0 Å². The van der Waals surface area contributed by atoms with Crippen molar-refractivity contribution in [3.8, 4) is 0 Å². The second-order valence-electron chi connectivity index (χ2n) is 3.85. The first-order valence-corrected chi connectivity index (χ1v) is 5.70. The summed E-state index contributed by atoms with van der Waals surface area (Å²) in [4.78, 5) is 14.1. The van der Waals surface area contributed by atoms with E-state index in [1.54, 1.807) is 0 Å². The molecule has 6 heteroatoms. The van der Waals surface area contributed by atoms with Crippen molar-refractivity contribution in [2.75, 3.05) is 6.54 Å². The minimum atomic E-state index is -0.465. The molecule has 1 atom stereocenters. The molecule has 0 saturated heterocycles. The van der Waals surface area contributed by atoms with Gasteiger partial charge in [-0.2, -0.15) is 0 Å². The second kappa shape index (κ2) is 7.97. The Bertz CT molecular complexity index is 415. The zero-order valence-corrected chi connectivity index (χ0v) is 10.2. The van der Waals surface area contributed by atoms with Crippen molar-refractivity contribution in [2.45, 2.75) is 26.0 Å². The van der Waals surface area contributed by atoms with E-state index in [1.165, 1.54) is 0 Å². The second-order valence-corrected chi connectivity index (χ2v) is 3.85. The SMILES string of the molecule is C[C@@H](CCN=[N+]=[N-])NC(=O)OCc1ccccc1. The third-order valence-electron chi connectivity index (χ3n) is 2.30. The van der Waals surface area contributed by atoms with Crippen molar-refractivity contribution < 1.29 is 9.53 Å². The van der Waals surface area contributed by atoms with Crippen molar-refractivity contribution in [1.29, 1.82) is 0 Å². The molecule has 96 valence electrons. The molecule has 0 spiro atoms. The summed E-state index contributed by atoms with van der Waals surface area (Å²) in [5, 5.41) is 6.07. The molecule has 0 bridgehead atoms. The van der Waals surface area contributed by atoms with Crippen molar-refractivity contribution in [2.24, 2.45) is 5.11 Å². The van der Waals surface area contributed by atoms with Crippen LogP contribution in [0.15, 0.2) is 35.4 Å². The predicted molar refractivity (Wildman–Crippen MR) is 67.9 cm³/mol. The Kier molecular flexibility index (Phi) is 6.14. The summed E-state index contributed by atoms with van der Waals surface area (Å²) in [5.74, 6) is 0. The summed E-state index contributed by atoms with van der Waals surface area (Å²) in [6.07, 6.45) is 0.122. The number of amides is 1. The molecule has 0 radical (unpaired) electrons. The molecule has 0 heterocycles. The van der Waals surface area contributed by atoms with E-state index in [0.717, 1.165) is 5.56 Å². The van der Waals surface area contributed by atoms with E-state index in [0.29, 0.717) is 13.0 Å². The molecule has 0 aliphatic carbocycles. The summed E-state index contributed by atoms with van der Waals surface area (Å²) in [6, 6.07) is 9.37. The van der Waals surface area contributed by atoms with Crippen LogP contribution in [0.25, 0.3) is 10.4 Å². The standard InChI is InChI=1S/C12H16N4O2/c1-10(7-8-14-16-13)15-12(17)18-9-11-5-3-2-4-6-11/h2-6,10H,7-9H2,1H3,(H,15,17)/t10-/m0/s1. The Hall–Kier alpha value is -2.20. The molecule has 0 aromatic heterocycles. The third kappa shape index (κ3) is 5.77. The van der Waals surface area contributed by atoms with Gasteiger partial charge in [0, 0.05) is 17.5 Å². The van der Waals surface area contributed by atoms with Crippen molar-refractivity contribution in [3.63, 3.8) is 0 Å². The number of rotatable bonds is 6. The van der Waals surface area contributed by atoms with Crippen LogP contribution >= 0.6 is 0 Å². The van der Waals surface area contributed by atoms with Crippen LogP contribution in [0.5, 0.6) is 0 Å². The number of nitrogens with one attached hydrogen (secondary N) is 1. The highest BCUT2D eigenvalue weighted by molar-refractivity contribution is 5.67. The number of benzene rings is 1. The zero-order valence-electron chi connectivity index (χ0n) is 10.2. The first-order valence-electron chi connectivity index (χ1n) is 5.70. The lowest BCUT2D eigenvalue weighted by Gasteiger charge is -2.12. The molecule has 1 amide bonds. The van der Waals surface area contributed by atoms with E-state index < -0.39 is 6.09 Å². The molecule has 0 aliphatic rings. The summed E-state index contributed by atoms with van der Waals surface area (Å²) < 4.78 is 5.05. The summed E-state index contributed by atoms with van der Waals surface area (Å²) in [6.45, 7) is 2.43. The van der Waals surface area contributed by atoms with E-state index in [9.17, 15) is 4.79 Å². The van der Waals surface area contributed by atoms with Gasteiger partial charge in [0.15, 0.2) is 0 Å². The van der Waals surface area contributed by atoms with Crippen LogP contribution in [-0.2, 0) is 11.3 Å². The van der Waals surface area contributed by atoms with Crippen LogP contribution in [0, 0.1) is 0 Å². The molecule has 0 fully saturated rings. The smallest absolute Gasteiger partial charge is 0.407 e. The lowest BCUT2D eigenvalue weighted by Crippen LogP contribution is -2.33. The van der Waals surface area contributed by atoms with Gasteiger partial charge in [-0.15, -0.1) is 0 Å². The zero-order chi connectivity index (χ0) is 13.2. The number of alkyl carbamates (subject to hydrolysis) is 1. The molecule has 0 unspecified atom stereocenters. The van der Waals surface area contributed by atoms with Gasteiger partial charge in [0.2, 0.25) is 0 Å². The number of azide groups is 1. The molecular formula is C12H16N4O2. The molecule has 1 aromatic rings. The largest absolute Gasteiger partial charge is 0.445 e. The van der Waals surface area contributed by atoms with Gasteiger partial charge in [0.05, 0.1) is 0 Å².